The lowest BCUT2D eigenvalue weighted by Gasteiger charge is -2.32. The molecule has 0 bridgehead atoms. The fourth-order valence-corrected chi connectivity index (χ4v) is 4.02. The number of anilines is 2. The number of amides is 2. The highest BCUT2D eigenvalue weighted by atomic mass is 32.2. The van der Waals surface area contributed by atoms with Crippen molar-refractivity contribution in [3.63, 3.8) is 0 Å². The van der Waals surface area contributed by atoms with Crippen LogP contribution in [-0.4, -0.2) is 48.8 Å². The SMILES string of the molecule is NC(=O)C1CCCN(c2ccc(NC(=O)c3cccnc3S(=O)(=O)C(F)(F)F)cn2)C1. The Morgan fingerprint density at radius 3 is 2.55 bits per heavy atom. The first kappa shape index (κ1) is 22.5. The quantitative estimate of drug-likeness (QED) is 0.698. The van der Waals surface area contributed by atoms with E-state index in [1.807, 2.05) is 4.90 Å². The Balaban J connectivity index is 1.78. The van der Waals surface area contributed by atoms with Crippen molar-refractivity contribution in [1.29, 1.82) is 0 Å². The van der Waals surface area contributed by atoms with Crippen molar-refractivity contribution in [1.82, 2.24) is 9.97 Å². The van der Waals surface area contributed by atoms with E-state index in [0.29, 0.717) is 25.3 Å². The Morgan fingerprint density at radius 2 is 1.94 bits per heavy atom. The average Bonchev–Trinajstić information content (AvgIpc) is 2.73. The lowest BCUT2D eigenvalue weighted by molar-refractivity contribution is -0.122. The van der Waals surface area contributed by atoms with Crippen molar-refractivity contribution in [3.8, 4) is 0 Å². The summed E-state index contributed by atoms with van der Waals surface area (Å²) in [6.07, 6.45) is 3.57. The summed E-state index contributed by atoms with van der Waals surface area (Å²) < 4.78 is 62.1. The number of carbonyl (C=O) groups is 2. The number of nitrogens with two attached hydrogens (primary N) is 1. The molecule has 0 radical (unpaired) electrons. The minimum absolute atomic E-state index is 0.136. The first-order valence-corrected chi connectivity index (χ1v) is 10.6. The van der Waals surface area contributed by atoms with Crippen LogP contribution in [0.2, 0.25) is 0 Å². The fourth-order valence-electron chi connectivity index (χ4n) is 3.15. The molecule has 0 spiro atoms. The van der Waals surface area contributed by atoms with E-state index in [9.17, 15) is 31.2 Å². The molecular formula is C18H18F3N5O4S. The van der Waals surface area contributed by atoms with Gasteiger partial charge in [0.1, 0.15) is 5.82 Å². The normalized spacial score (nSPS) is 17.3. The second kappa shape index (κ2) is 8.49. The Hall–Kier alpha value is -3.22. The summed E-state index contributed by atoms with van der Waals surface area (Å²) in [6.45, 7) is 1.07. The van der Waals surface area contributed by atoms with Gasteiger partial charge in [0.25, 0.3) is 15.7 Å². The number of pyridine rings is 2. The van der Waals surface area contributed by atoms with Gasteiger partial charge in [0.15, 0.2) is 5.03 Å². The number of primary amides is 1. The van der Waals surface area contributed by atoms with Crippen molar-refractivity contribution >= 4 is 33.2 Å². The number of carbonyl (C=O) groups excluding carboxylic acids is 2. The Kier molecular flexibility index (Phi) is 6.15. The highest BCUT2D eigenvalue weighted by Gasteiger charge is 2.49. The van der Waals surface area contributed by atoms with Gasteiger partial charge in [0.05, 0.1) is 23.4 Å². The zero-order valence-corrected chi connectivity index (χ0v) is 16.8. The molecule has 2 aromatic heterocycles. The van der Waals surface area contributed by atoms with Gasteiger partial charge in [-0.05, 0) is 37.1 Å². The number of hydrogen-bond acceptors (Lipinski definition) is 7. The molecule has 1 saturated heterocycles. The summed E-state index contributed by atoms with van der Waals surface area (Å²) in [7, 11) is -5.81. The third kappa shape index (κ3) is 4.76. The average molecular weight is 457 g/mol. The maximum absolute atomic E-state index is 12.9. The molecule has 1 atom stereocenters. The van der Waals surface area contributed by atoms with E-state index in [0.717, 1.165) is 24.8 Å². The first-order valence-electron chi connectivity index (χ1n) is 9.08. The highest BCUT2D eigenvalue weighted by molar-refractivity contribution is 7.92. The maximum atomic E-state index is 12.9. The van der Waals surface area contributed by atoms with Crippen LogP contribution in [0, 0.1) is 5.92 Å². The maximum Gasteiger partial charge on any atom is 0.503 e. The fraction of sp³-hybridized carbons (Fsp3) is 0.333. The van der Waals surface area contributed by atoms with Crippen molar-refractivity contribution in [2.24, 2.45) is 11.7 Å². The molecule has 1 fully saturated rings. The second-order valence-electron chi connectivity index (χ2n) is 6.85. The number of piperidine rings is 1. The lowest BCUT2D eigenvalue weighted by Crippen LogP contribution is -2.41. The minimum Gasteiger partial charge on any atom is -0.369 e. The van der Waals surface area contributed by atoms with E-state index in [2.05, 4.69) is 15.3 Å². The molecule has 2 aromatic rings. The molecule has 13 heteroatoms. The van der Waals surface area contributed by atoms with Gasteiger partial charge in [-0.3, -0.25) is 9.59 Å². The van der Waals surface area contributed by atoms with E-state index in [4.69, 9.17) is 5.73 Å². The van der Waals surface area contributed by atoms with E-state index >= 15 is 0 Å². The molecule has 0 aliphatic carbocycles. The van der Waals surface area contributed by atoms with Crippen molar-refractivity contribution in [2.45, 2.75) is 23.4 Å². The van der Waals surface area contributed by atoms with E-state index in [1.165, 1.54) is 12.3 Å². The topological polar surface area (TPSA) is 135 Å². The number of sulfone groups is 1. The third-order valence-corrected chi connectivity index (χ3v) is 6.17. The summed E-state index contributed by atoms with van der Waals surface area (Å²) >= 11 is 0. The molecule has 31 heavy (non-hydrogen) atoms. The van der Waals surface area contributed by atoms with E-state index < -0.39 is 37.7 Å². The molecule has 0 saturated carbocycles. The Bertz CT molecular complexity index is 1090. The predicted molar refractivity (Wildman–Crippen MR) is 104 cm³/mol. The van der Waals surface area contributed by atoms with Gasteiger partial charge in [-0.15, -0.1) is 0 Å². The van der Waals surface area contributed by atoms with Gasteiger partial charge < -0.3 is 16.0 Å². The molecule has 9 nitrogen and oxygen atoms in total. The van der Waals surface area contributed by atoms with Crippen LogP contribution in [0.4, 0.5) is 24.7 Å². The van der Waals surface area contributed by atoms with E-state index in [-0.39, 0.29) is 11.6 Å². The summed E-state index contributed by atoms with van der Waals surface area (Å²) in [5.41, 5.74) is -0.851. The Labute approximate surface area is 175 Å². The summed E-state index contributed by atoms with van der Waals surface area (Å²) in [4.78, 5) is 33.2. The molecular weight excluding hydrogens is 439 g/mol. The lowest BCUT2D eigenvalue weighted by atomic mass is 9.97. The van der Waals surface area contributed by atoms with Crippen LogP contribution in [0.1, 0.15) is 23.2 Å². The molecule has 3 heterocycles. The van der Waals surface area contributed by atoms with Crippen LogP contribution in [-0.2, 0) is 14.6 Å². The predicted octanol–water partition coefficient (Wildman–Crippen LogP) is 1.72. The molecule has 166 valence electrons. The smallest absolute Gasteiger partial charge is 0.369 e. The largest absolute Gasteiger partial charge is 0.503 e. The van der Waals surface area contributed by atoms with Gasteiger partial charge in [-0.2, -0.15) is 13.2 Å². The molecule has 3 N–H and O–H groups in total. The second-order valence-corrected chi connectivity index (χ2v) is 8.71. The van der Waals surface area contributed by atoms with Crippen molar-refractivity contribution in [3.05, 3.63) is 42.2 Å². The van der Waals surface area contributed by atoms with Crippen LogP contribution in [0.3, 0.4) is 0 Å². The van der Waals surface area contributed by atoms with E-state index in [1.54, 1.807) is 6.07 Å². The monoisotopic (exact) mass is 457 g/mol. The van der Waals surface area contributed by atoms with Gasteiger partial charge >= 0.3 is 5.51 Å². The van der Waals surface area contributed by atoms with Crippen LogP contribution >= 0.6 is 0 Å². The minimum atomic E-state index is -5.81. The Morgan fingerprint density at radius 1 is 1.19 bits per heavy atom. The number of rotatable bonds is 5. The van der Waals surface area contributed by atoms with Crippen LogP contribution in [0.5, 0.6) is 0 Å². The highest BCUT2D eigenvalue weighted by Crippen LogP contribution is 2.31. The number of nitrogens with one attached hydrogen (secondary N) is 1. The standard InChI is InChI=1S/C18H18F3N5O4S/c19-18(20,21)31(29,30)17-13(4-1-7-23-17)16(28)25-12-5-6-14(24-9-12)26-8-2-3-11(10-26)15(22)27/h1,4-7,9,11H,2-3,8,10H2,(H2,22,27)(H,25,28). The van der Waals surface area contributed by atoms with Gasteiger partial charge in [0, 0.05) is 19.3 Å². The van der Waals surface area contributed by atoms with Crippen LogP contribution < -0.4 is 16.0 Å². The summed E-state index contributed by atoms with van der Waals surface area (Å²) in [5, 5.41) is 0.934. The molecule has 1 unspecified atom stereocenters. The molecule has 1 aliphatic heterocycles. The van der Waals surface area contributed by atoms with Gasteiger partial charge in [-0.25, -0.2) is 18.4 Å². The third-order valence-electron chi connectivity index (χ3n) is 4.73. The van der Waals surface area contributed by atoms with Crippen LogP contribution in [0.25, 0.3) is 0 Å². The number of aromatic nitrogens is 2. The molecule has 2 amide bonds. The zero-order chi connectivity index (χ0) is 22.8. The summed E-state index contributed by atoms with van der Waals surface area (Å²) in [5.74, 6) is -1.24. The number of hydrogen-bond donors (Lipinski definition) is 2. The van der Waals surface area contributed by atoms with Crippen molar-refractivity contribution < 1.29 is 31.2 Å². The molecule has 0 aromatic carbocycles. The van der Waals surface area contributed by atoms with Gasteiger partial charge in [0.2, 0.25) is 5.91 Å². The number of nitrogens with zero attached hydrogens (tertiary/aromatic N) is 3. The molecule has 1 aliphatic rings. The number of alkyl halides is 3. The number of halogens is 3. The molecule has 3 rings (SSSR count). The van der Waals surface area contributed by atoms with Crippen LogP contribution in [0.15, 0.2) is 41.7 Å². The first-order chi connectivity index (χ1) is 14.5. The van der Waals surface area contributed by atoms with Crippen molar-refractivity contribution in [2.75, 3.05) is 23.3 Å². The summed E-state index contributed by atoms with van der Waals surface area (Å²) in [6, 6.07) is 5.11. The van der Waals surface area contributed by atoms with Gasteiger partial charge in [-0.1, -0.05) is 0 Å². The zero-order valence-electron chi connectivity index (χ0n) is 16.0.